The fraction of sp³-hybridized carbons (Fsp3) is 0.533. The number of halogens is 1. The minimum Gasteiger partial charge on any atom is -0.369 e. The lowest BCUT2D eigenvalue weighted by atomic mass is 10.0. The summed E-state index contributed by atoms with van der Waals surface area (Å²) in [5.41, 5.74) is 1.14. The van der Waals surface area contributed by atoms with E-state index >= 15 is 0 Å². The molecule has 1 heterocycles. The maximum absolute atomic E-state index is 11.8. The van der Waals surface area contributed by atoms with Crippen LogP contribution in [0.3, 0.4) is 0 Å². The number of nitrogens with one attached hydrogen (secondary N) is 1. The Morgan fingerprint density at radius 1 is 1.47 bits per heavy atom. The van der Waals surface area contributed by atoms with E-state index in [0.29, 0.717) is 0 Å². The fourth-order valence-electron chi connectivity index (χ4n) is 2.37. The van der Waals surface area contributed by atoms with E-state index in [-0.39, 0.29) is 17.9 Å². The molecule has 0 spiro atoms. The summed E-state index contributed by atoms with van der Waals surface area (Å²) in [6.45, 7) is 5.73. The number of hydrogen-bond acceptors (Lipinski definition) is 2. The van der Waals surface area contributed by atoms with Crippen molar-refractivity contribution in [3.8, 4) is 0 Å². The zero-order chi connectivity index (χ0) is 13.8. The maximum atomic E-state index is 11.8. The molecule has 19 heavy (non-hydrogen) atoms. The SMILES string of the molecule is CC(C)C(=O)NC1CCCN(c2cccc(Cl)c2)C1. The predicted octanol–water partition coefficient (Wildman–Crippen LogP) is 3.08. The molecule has 1 saturated heterocycles. The van der Waals surface area contributed by atoms with Crippen LogP contribution in [0.2, 0.25) is 5.02 Å². The molecular formula is C15H21ClN2O. The molecule has 104 valence electrons. The standard InChI is InChI=1S/C15H21ClN2O/c1-11(2)15(19)17-13-6-4-8-18(10-13)14-7-3-5-12(16)9-14/h3,5,7,9,11,13H,4,6,8,10H2,1-2H3,(H,17,19). The van der Waals surface area contributed by atoms with E-state index in [4.69, 9.17) is 11.6 Å². The van der Waals surface area contributed by atoms with Crippen molar-refractivity contribution in [3.63, 3.8) is 0 Å². The molecule has 2 rings (SSSR count). The highest BCUT2D eigenvalue weighted by Gasteiger charge is 2.22. The fourth-order valence-corrected chi connectivity index (χ4v) is 2.55. The molecule has 0 radical (unpaired) electrons. The third-order valence-electron chi connectivity index (χ3n) is 3.47. The van der Waals surface area contributed by atoms with Gasteiger partial charge in [0.05, 0.1) is 0 Å². The van der Waals surface area contributed by atoms with Crippen LogP contribution in [0.4, 0.5) is 5.69 Å². The molecule has 4 heteroatoms. The molecule has 1 amide bonds. The van der Waals surface area contributed by atoms with Crippen molar-refractivity contribution in [3.05, 3.63) is 29.3 Å². The Labute approximate surface area is 119 Å². The van der Waals surface area contributed by atoms with Gasteiger partial charge in [0.15, 0.2) is 0 Å². The number of carbonyl (C=O) groups excluding carboxylic acids is 1. The quantitative estimate of drug-likeness (QED) is 0.923. The Bertz CT molecular complexity index is 448. The van der Waals surface area contributed by atoms with E-state index in [1.807, 2.05) is 32.0 Å². The normalized spacial score (nSPS) is 19.6. The van der Waals surface area contributed by atoms with Gasteiger partial charge in [-0.25, -0.2) is 0 Å². The Morgan fingerprint density at radius 2 is 2.26 bits per heavy atom. The van der Waals surface area contributed by atoms with E-state index in [1.54, 1.807) is 0 Å². The topological polar surface area (TPSA) is 32.3 Å². The average molecular weight is 281 g/mol. The molecule has 0 aliphatic carbocycles. The molecule has 1 N–H and O–H groups in total. The molecule has 1 aliphatic rings. The monoisotopic (exact) mass is 280 g/mol. The molecule has 0 bridgehead atoms. The van der Waals surface area contributed by atoms with E-state index in [2.05, 4.69) is 16.3 Å². The van der Waals surface area contributed by atoms with Crippen molar-refractivity contribution in [1.29, 1.82) is 0 Å². The number of amides is 1. The van der Waals surface area contributed by atoms with Crippen LogP contribution in [0.1, 0.15) is 26.7 Å². The molecule has 1 aliphatic heterocycles. The van der Waals surface area contributed by atoms with Crippen LogP contribution in [0.15, 0.2) is 24.3 Å². The zero-order valence-corrected chi connectivity index (χ0v) is 12.3. The molecule has 1 aromatic rings. The van der Waals surface area contributed by atoms with Crippen LogP contribution in [-0.2, 0) is 4.79 Å². The van der Waals surface area contributed by atoms with Crippen LogP contribution in [0, 0.1) is 5.92 Å². The van der Waals surface area contributed by atoms with Gasteiger partial charge in [0.25, 0.3) is 0 Å². The lowest BCUT2D eigenvalue weighted by Crippen LogP contribution is -2.48. The van der Waals surface area contributed by atoms with Gasteiger partial charge in [-0.05, 0) is 31.0 Å². The zero-order valence-electron chi connectivity index (χ0n) is 11.5. The van der Waals surface area contributed by atoms with Crippen molar-refractivity contribution < 1.29 is 4.79 Å². The lowest BCUT2D eigenvalue weighted by Gasteiger charge is -2.35. The van der Waals surface area contributed by atoms with Crippen LogP contribution < -0.4 is 10.2 Å². The van der Waals surface area contributed by atoms with E-state index < -0.39 is 0 Å². The predicted molar refractivity (Wildman–Crippen MR) is 79.7 cm³/mol. The number of benzene rings is 1. The Morgan fingerprint density at radius 3 is 2.95 bits per heavy atom. The second-order valence-corrected chi connectivity index (χ2v) is 5.86. The maximum Gasteiger partial charge on any atom is 0.222 e. The van der Waals surface area contributed by atoms with Crippen molar-refractivity contribution in [2.24, 2.45) is 5.92 Å². The average Bonchev–Trinajstić information content (AvgIpc) is 2.39. The first-order valence-corrected chi connectivity index (χ1v) is 7.25. The number of rotatable bonds is 3. The number of piperidine rings is 1. The number of hydrogen-bond donors (Lipinski definition) is 1. The van der Waals surface area contributed by atoms with Gasteiger partial charge in [0, 0.05) is 35.8 Å². The van der Waals surface area contributed by atoms with E-state index in [1.165, 1.54) is 0 Å². The lowest BCUT2D eigenvalue weighted by molar-refractivity contribution is -0.124. The van der Waals surface area contributed by atoms with Crippen LogP contribution >= 0.6 is 11.6 Å². The van der Waals surface area contributed by atoms with Crippen molar-refractivity contribution >= 4 is 23.2 Å². The molecule has 1 fully saturated rings. The highest BCUT2D eigenvalue weighted by atomic mass is 35.5. The van der Waals surface area contributed by atoms with Crippen LogP contribution in [0.5, 0.6) is 0 Å². The Balaban J connectivity index is 1.99. The van der Waals surface area contributed by atoms with E-state index in [9.17, 15) is 4.79 Å². The van der Waals surface area contributed by atoms with Crippen LogP contribution in [-0.4, -0.2) is 25.0 Å². The number of anilines is 1. The summed E-state index contributed by atoms with van der Waals surface area (Å²) >= 11 is 6.03. The summed E-state index contributed by atoms with van der Waals surface area (Å²) in [6.07, 6.45) is 2.14. The molecule has 3 nitrogen and oxygen atoms in total. The summed E-state index contributed by atoms with van der Waals surface area (Å²) in [4.78, 5) is 14.0. The van der Waals surface area contributed by atoms with Gasteiger partial charge in [-0.3, -0.25) is 4.79 Å². The largest absolute Gasteiger partial charge is 0.369 e. The Hall–Kier alpha value is -1.22. The molecule has 0 saturated carbocycles. The molecule has 0 aromatic heterocycles. The van der Waals surface area contributed by atoms with Gasteiger partial charge >= 0.3 is 0 Å². The van der Waals surface area contributed by atoms with E-state index in [0.717, 1.165) is 36.6 Å². The first kappa shape index (κ1) is 14.2. The van der Waals surface area contributed by atoms with Gasteiger partial charge in [0.2, 0.25) is 5.91 Å². The van der Waals surface area contributed by atoms with Crippen LogP contribution in [0.25, 0.3) is 0 Å². The number of nitrogens with zero attached hydrogens (tertiary/aromatic N) is 1. The molecule has 1 atom stereocenters. The van der Waals surface area contributed by atoms with Crippen molar-refractivity contribution in [1.82, 2.24) is 5.32 Å². The number of carbonyl (C=O) groups is 1. The second-order valence-electron chi connectivity index (χ2n) is 5.43. The van der Waals surface area contributed by atoms with Crippen molar-refractivity contribution in [2.45, 2.75) is 32.7 Å². The summed E-state index contributed by atoms with van der Waals surface area (Å²) in [7, 11) is 0. The van der Waals surface area contributed by atoms with Gasteiger partial charge in [0.1, 0.15) is 0 Å². The molecule has 1 aromatic carbocycles. The summed E-state index contributed by atoms with van der Waals surface area (Å²) in [5.74, 6) is 0.180. The Kier molecular flexibility index (Phi) is 4.70. The third-order valence-corrected chi connectivity index (χ3v) is 3.70. The minimum absolute atomic E-state index is 0.0431. The van der Waals surface area contributed by atoms with Gasteiger partial charge in [-0.15, -0.1) is 0 Å². The molecular weight excluding hydrogens is 260 g/mol. The second kappa shape index (κ2) is 6.29. The van der Waals surface area contributed by atoms with Gasteiger partial charge < -0.3 is 10.2 Å². The third kappa shape index (κ3) is 3.87. The minimum atomic E-state index is 0.0431. The smallest absolute Gasteiger partial charge is 0.222 e. The first-order chi connectivity index (χ1) is 9.06. The highest BCUT2D eigenvalue weighted by molar-refractivity contribution is 6.30. The highest BCUT2D eigenvalue weighted by Crippen LogP contribution is 2.23. The summed E-state index contributed by atoms with van der Waals surface area (Å²) in [6, 6.07) is 8.14. The van der Waals surface area contributed by atoms with Gasteiger partial charge in [-0.1, -0.05) is 31.5 Å². The molecule has 1 unspecified atom stereocenters. The van der Waals surface area contributed by atoms with Gasteiger partial charge in [-0.2, -0.15) is 0 Å². The summed E-state index contributed by atoms with van der Waals surface area (Å²) < 4.78 is 0. The summed E-state index contributed by atoms with van der Waals surface area (Å²) in [5, 5.41) is 3.87. The first-order valence-electron chi connectivity index (χ1n) is 6.87. The van der Waals surface area contributed by atoms with Crippen molar-refractivity contribution in [2.75, 3.05) is 18.0 Å².